The van der Waals surface area contributed by atoms with Crippen molar-refractivity contribution in [3.63, 3.8) is 0 Å². The summed E-state index contributed by atoms with van der Waals surface area (Å²) in [5, 5.41) is 4.77. The highest BCUT2D eigenvalue weighted by molar-refractivity contribution is 7.19. The Hall–Kier alpha value is -2.89. The summed E-state index contributed by atoms with van der Waals surface area (Å²) in [4.78, 5) is 14.2. The molecule has 0 bridgehead atoms. The van der Waals surface area contributed by atoms with E-state index in [0.29, 0.717) is 12.4 Å². The standard InChI is InChI=1S/C24H22N2O2S/c27-24-14-19(28-16-17-5-2-1-3-6-17)10-12-26(24)18-8-9-22-21(13-18)20-7-4-11-25-15-23(20)29-22/h1-3,5-6,8-10,12-14,25H,4,7,11,15-16H2. The first-order valence-corrected chi connectivity index (χ1v) is 10.7. The Bertz CT molecular complexity index is 1210. The maximum atomic E-state index is 12.7. The molecule has 2 aromatic carbocycles. The number of aromatic nitrogens is 1. The van der Waals surface area contributed by atoms with Crippen LogP contribution in [0.15, 0.2) is 71.7 Å². The molecule has 1 N–H and O–H groups in total. The zero-order chi connectivity index (χ0) is 19.6. The topological polar surface area (TPSA) is 43.3 Å². The zero-order valence-corrected chi connectivity index (χ0v) is 16.9. The van der Waals surface area contributed by atoms with Gasteiger partial charge in [-0.2, -0.15) is 0 Å². The Labute approximate surface area is 173 Å². The van der Waals surface area contributed by atoms with E-state index in [9.17, 15) is 4.79 Å². The molecule has 0 aliphatic carbocycles. The number of hydrogen-bond acceptors (Lipinski definition) is 4. The number of benzene rings is 2. The number of fused-ring (bicyclic) bond motifs is 3. The van der Waals surface area contributed by atoms with Crippen molar-refractivity contribution in [2.24, 2.45) is 0 Å². The van der Waals surface area contributed by atoms with Gasteiger partial charge in [0.1, 0.15) is 12.4 Å². The summed E-state index contributed by atoms with van der Waals surface area (Å²) in [7, 11) is 0. The molecule has 0 spiro atoms. The molecule has 29 heavy (non-hydrogen) atoms. The second kappa shape index (κ2) is 7.85. The summed E-state index contributed by atoms with van der Waals surface area (Å²) >= 11 is 1.86. The van der Waals surface area contributed by atoms with Gasteiger partial charge in [0.25, 0.3) is 5.56 Å². The van der Waals surface area contributed by atoms with Crippen LogP contribution in [0.5, 0.6) is 5.75 Å². The largest absolute Gasteiger partial charge is 0.489 e. The third kappa shape index (κ3) is 3.71. The lowest BCUT2D eigenvalue weighted by molar-refractivity contribution is 0.305. The smallest absolute Gasteiger partial charge is 0.258 e. The number of thiophene rings is 1. The molecule has 0 unspecified atom stereocenters. The molecule has 0 radical (unpaired) electrons. The van der Waals surface area contributed by atoms with Crippen LogP contribution in [-0.4, -0.2) is 11.1 Å². The van der Waals surface area contributed by atoms with E-state index in [2.05, 4.69) is 17.4 Å². The van der Waals surface area contributed by atoms with Crippen LogP contribution in [0.3, 0.4) is 0 Å². The van der Waals surface area contributed by atoms with E-state index in [-0.39, 0.29) is 5.56 Å². The van der Waals surface area contributed by atoms with Gasteiger partial charge in [-0.1, -0.05) is 30.3 Å². The second-order valence-electron chi connectivity index (χ2n) is 7.31. The van der Waals surface area contributed by atoms with E-state index < -0.39 is 0 Å². The van der Waals surface area contributed by atoms with Crippen molar-refractivity contribution in [1.82, 2.24) is 9.88 Å². The summed E-state index contributed by atoms with van der Waals surface area (Å²) in [6.07, 6.45) is 4.04. The minimum absolute atomic E-state index is 0.0853. The molecule has 4 nitrogen and oxygen atoms in total. The van der Waals surface area contributed by atoms with Gasteiger partial charge in [-0.3, -0.25) is 9.36 Å². The fourth-order valence-corrected chi connectivity index (χ4v) is 5.05. The number of nitrogens with one attached hydrogen (secondary N) is 1. The Morgan fingerprint density at radius 2 is 1.97 bits per heavy atom. The Kier molecular flexibility index (Phi) is 4.92. The van der Waals surface area contributed by atoms with Crippen LogP contribution in [-0.2, 0) is 19.6 Å². The van der Waals surface area contributed by atoms with Gasteiger partial charge in [-0.15, -0.1) is 11.3 Å². The van der Waals surface area contributed by atoms with Gasteiger partial charge in [-0.05, 0) is 60.2 Å². The SMILES string of the molecule is O=c1cc(OCc2ccccc2)ccn1-c1ccc2sc3c(c2c1)CCCNC3. The maximum Gasteiger partial charge on any atom is 0.258 e. The molecule has 5 rings (SSSR count). The quantitative estimate of drug-likeness (QED) is 0.540. The average molecular weight is 403 g/mol. The summed E-state index contributed by atoms with van der Waals surface area (Å²) in [5.41, 5.74) is 3.33. The van der Waals surface area contributed by atoms with Gasteiger partial charge < -0.3 is 10.1 Å². The monoisotopic (exact) mass is 402 g/mol. The molecule has 1 aliphatic rings. The Morgan fingerprint density at radius 1 is 1.07 bits per heavy atom. The molecule has 0 saturated heterocycles. The zero-order valence-electron chi connectivity index (χ0n) is 16.1. The molecule has 0 amide bonds. The first-order chi connectivity index (χ1) is 14.3. The van der Waals surface area contributed by atoms with E-state index in [1.165, 1.54) is 20.5 Å². The molecular weight excluding hydrogens is 380 g/mol. The normalized spacial score (nSPS) is 13.8. The van der Waals surface area contributed by atoms with Crippen molar-refractivity contribution in [3.8, 4) is 11.4 Å². The molecule has 0 fully saturated rings. The highest BCUT2D eigenvalue weighted by Crippen LogP contribution is 2.34. The Balaban J connectivity index is 1.43. The molecule has 0 saturated carbocycles. The summed E-state index contributed by atoms with van der Waals surface area (Å²) in [6.45, 7) is 2.45. The van der Waals surface area contributed by atoms with Crippen molar-refractivity contribution in [2.75, 3.05) is 6.54 Å². The van der Waals surface area contributed by atoms with Crippen LogP contribution in [0.1, 0.15) is 22.4 Å². The fourth-order valence-electron chi connectivity index (χ4n) is 3.85. The van der Waals surface area contributed by atoms with Gasteiger partial charge in [0.15, 0.2) is 0 Å². The van der Waals surface area contributed by atoms with Gasteiger partial charge >= 0.3 is 0 Å². The van der Waals surface area contributed by atoms with Gasteiger partial charge in [0.05, 0.1) is 0 Å². The Morgan fingerprint density at radius 3 is 2.83 bits per heavy atom. The average Bonchev–Trinajstić information content (AvgIpc) is 2.93. The lowest BCUT2D eigenvalue weighted by Crippen LogP contribution is -2.16. The van der Waals surface area contributed by atoms with Gasteiger partial charge in [0, 0.05) is 34.1 Å². The minimum atomic E-state index is -0.0853. The van der Waals surface area contributed by atoms with E-state index >= 15 is 0 Å². The fraction of sp³-hybridized carbons (Fsp3) is 0.208. The third-order valence-corrected chi connectivity index (χ3v) is 6.55. The highest BCUT2D eigenvalue weighted by Gasteiger charge is 2.15. The number of hydrogen-bond donors (Lipinski definition) is 1. The van der Waals surface area contributed by atoms with Crippen molar-refractivity contribution < 1.29 is 4.74 Å². The molecular formula is C24H22N2O2S. The first-order valence-electron chi connectivity index (χ1n) is 9.93. The van der Waals surface area contributed by atoms with Crippen molar-refractivity contribution in [2.45, 2.75) is 26.0 Å². The van der Waals surface area contributed by atoms with Crippen LogP contribution in [0.4, 0.5) is 0 Å². The second-order valence-corrected chi connectivity index (χ2v) is 8.45. The summed E-state index contributed by atoms with van der Waals surface area (Å²) < 4.78 is 8.77. The lowest BCUT2D eigenvalue weighted by atomic mass is 10.1. The molecule has 4 aromatic rings. The van der Waals surface area contributed by atoms with Crippen LogP contribution < -0.4 is 15.6 Å². The summed E-state index contributed by atoms with van der Waals surface area (Å²) in [5.74, 6) is 0.589. The highest BCUT2D eigenvalue weighted by atomic mass is 32.1. The van der Waals surface area contributed by atoms with Crippen LogP contribution in [0.25, 0.3) is 15.8 Å². The van der Waals surface area contributed by atoms with Crippen molar-refractivity contribution in [3.05, 3.63) is 93.2 Å². The molecule has 3 heterocycles. The molecule has 2 aromatic heterocycles. The predicted octanol–water partition coefficient (Wildman–Crippen LogP) is 4.67. The number of rotatable bonds is 4. The molecule has 1 aliphatic heterocycles. The van der Waals surface area contributed by atoms with Crippen molar-refractivity contribution in [1.29, 1.82) is 0 Å². The van der Waals surface area contributed by atoms with Crippen LogP contribution in [0, 0.1) is 0 Å². The van der Waals surface area contributed by atoms with E-state index in [1.807, 2.05) is 53.8 Å². The van der Waals surface area contributed by atoms with Crippen molar-refractivity contribution >= 4 is 21.4 Å². The number of pyridine rings is 1. The number of ether oxygens (including phenoxy) is 1. The van der Waals surface area contributed by atoms with Crippen LogP contribution in [0.2, 0.25) is 0 Å². The lowest BCUT2D eigenvalue weighted by Gasteiger charge is -2.10. The number of nitrogens with zero attached hydrogens (tertiary/aromatic N) is 1. The maximum absolute atomic E-state index is 12.7. The predicted molar refractivity (Wildman–Crippen MR) is 118 cm³/mol. The molecule has 146 valence electrons. The van der Waals surface area contributed by atoms with E-state index in [0.717, 1.165) is 37.2 Å². The van der Waals surface area contributed by atoms with E-state index in [4.69, 9.17) is 4.74 Å². The summed E-state index contributed by atoms with van der Waals surface area (Å²) in [6, 6.07) is 19.7. The third-order valence-electron chi connectivity index (χ3n) is 5.34. The van der Waals surface area contributed by atoms with Gasteiger partial charge in [-0.25, -0.2) is 0 Å². The molecule has 5 heteroatoms. The van der Waals surface area contributed by atoms with E-state index in [1.54, 1.807) is 16.8 Å². The van der Waals surface area contributed by atoms with Crippen LogP contribution >= 0.6 is 11.3 Å². The number of aryl methyl sites for hydroxylation is 1. The first kappa shape index (κ1) is 18.2. The van der Waals surface area contributed by atoms with Gasteiger partial charge in [0.2, 0.25) is 0 Å². The minimum Gasteiger partial charge on any atom is -0.489 e. The molecule has 0 atom stereocenters.